The third kappa shape index (κ3) is 8.01. The summed E-state index contributed by atoms with van der Waals surface area (Å²) in [5.74, 6) is 0.241. The lowest BCUT2D eigenvalue weighted by molar-refractivity contribution is 0.322. The van der Waals surface area contributed by atoms with Crippen LogP contribution in [-0.4, -0.2) is 46.4 Å². The number of sulfone groups is 1. The van der Waals surface area contributed by atoms with Crippen LogP contribution >= 0.6 is 24.0 Å². The van der Waals surface area contributed by atoms with Gasteiger partial charge in [0.1, 0.15) is 23.1 Å². The van der Waals surface area contributed by atoms with Crippen molar-refractivity contribution >= 4 is 39.8 Å². The van der Waals surface area contributed by atoms with E-state index in [2.05, 4.69) is 15.6 Å². The Morgan fingerprint density at radius 1 is 1.07 bits per heavy atom. The lowest BCUT2D eigenvalue weighted by atomic mass is 10.3. The molecule has 0 atom stereocenters. The van der Waals surface area contributed by atoms with Gasteiger partial charge >= 0.3 is 0 Å². The van der Waals surface area contributed by atoms with Crippen molar-refractivity contribution in [2.24, 2.45) is 4.99 Å². The molecule has 0 aliphatic carbocycles. The molecule has 0 saturated heterocycles. The fourth-order valence-electron chi connectivity index (χ4n) is 2.28. The average Bonchev–Trinajstić information content (AvgIpc) is 2.66. The molecular formula is C19H25FIN3O3S. The summed E-state index contributed by atoms with van der Waals surface area (Å²) in [6.45, 7) is 3.49. The molecule has 0 aliphatic heterocycles. The molecule has 0 spiro atoms. The number of nitrogens with one attached hydrogen (secondary N) is 2. The fourth-order valence-corrected chi connectivity index (χ4v) is 3.48. The number of rotatable bonds is 9. The lowest BCUT2D eigenvalue weighted by Crippen LogP contribution is -2.39. The molecule has 0 aromatic heterocycles. The van der Waals surface area contributed by atoms with Gasteiger partial charge in [-0.2, -0.15) is 0 Å². The Kier molecular flexibility index (Phi) is 10.8. The highest BCUT2D eigenvalue weighted by atomic mass is 127. The van der Waals surface area contributed by atoms with Gasteiger partial charge < -0.3 is 15.4 Å². The van der Waals surface area contributed by atoms with E-state index in [0.29, 0.717) is 25.7 Å². The minimum absolute atomic E-state index is 0. The summed E-state index contributed by atoms with van der Waals surface area (Å²) in [5.41, 5.74) is 0. The predicted octanol–water partition coefficient (Wildman–Crippen LogP) is 2.85. The molecule has 9 heteroatoms. The Morgan fingerprint density at radius 3 is 2.43 bits per heavy atom. The molecule has 2 aromatic carbocycles. The van der Waals surface area contributed by atoms with Crippen LogP contribution in [0.25, 0.3) is 0 Å². The second-order valence-electron chi connectivity index (χ2n) is 5.60. The fraction of sp³-hybridized carbons (Fsp3) is 0.316. The molecule has 0 amide bonds. The van der Waals surface area contributed by atoms with Crippen LogP contribution in [0, 0.1) is 5.82 Å². The molecule has 0 saturated carbocycles. The van der Waals surface area contributed by atoms with E-state index in [4.69, 9.17) is 4.74 Å². The van der Waals surface area contributed by atoms with Gasteiger partial charge in [0, 0.05) is 6.54 Å². The Labute approximate surface area is 182 Å². The number of hydrogen-bond donors (Lipinski definition) is 2. The van der Waals surface area contributed by atoms with Gasteiger partial charge in [-0.1, -0.05) is 30.3 Å². The van der Waals surface area contributed by atoms with Crippen LogP contribution in [0.1, 0.15) is 6.92 Å². The van der Waals surface area contributed by atoms with Crippen molar-refractivity contribution in [3.8, 4) is 5.75 Å². The summed E-state index contributed by atoms with van der Waals surface area (Å²) < 4.78 is 43.7. The van der Waals surface area contributed by atoms with E-state index in [0.717, 1.165) is 11.8 Å². The lowest BCUT2D eigenvalue weighted by Gasteiger charge is -2.12. The topological polar surface area (TPSA) is 79.8 Å². The number of nitrogens with zero attached hydrogens (tertiary/aromatic N) is 1. The highest BCUT2D eigenvalue weighted by Crippen LogP contribution is 2.15. The molecule has 154 valence electrons. The zero-order valence-corrected chi connectivity index (χ0v) is 18.7. The maximum absolute atomic E-state index is 13.7. The largest absolute Gasteiger partial charge is 0.492 e. The van der Waals surface area contributed by atoms with E-state index >= 15 is 0 Å². The Hall–Kier alpha value is -1.88. The number of para-hydroxylation sites is 1. The van der Waals surface area contributed by atoms with Crippen LogP contribution in [0.3, 0.4) is 0 Å². The van der Waals surface area contributed by atoms with Crippen molar-refractivity contribution in [2.45, 2.75) is 11.8 Å². The second kappa shape index (κ2) is 12.6. The maximum atomic E-state index is 13.7. The van der Waals surface area contributed by atoms with Crippen molar-refractivity contribution in [1.82, 2.24) is 10.6 Å². The van der Waals surface area contributed by atoms with Crippen LogP contribution in [0.2, 0.25) is 0 Å². The first-order chi connectivity index (χ1) is 13.0. The maximum Gasteiger partial charge on any atom is 0.191 e. The Bertz CT molecular complexity index is 849. The van der Waals surface area contributed by atoms with Gasteiger partial charge in [0.25, 0.3) is 0 Å². The zero-order valence-electron chi connectivity index (χ0n) is 15.6. The summed E-state index contributed by atoms with van der Waals surface area (Å²) in [6, 6.07) is 14.8. The normalized spacial score (nSPS) is 11.4. The van der Waals surface area contributed by atoms with Gasteiger partial charge in [0.15, 0.2) is 15.8 Å². The monoisotopic (exact) mass is 521 g/mol. The second-order valence-corrected chi connectivity index (χ2v) is 7.68. The van der Waals surface area contributed by atoms with E-state index in [1.807, 2.05) is 37.3 Å². The van der Waals surface area contributed by atoms with E-state index in [9.17, 15) is 12.8 Å². The molecule has 0 radical (unpaired) electrons. The van der Waals surface area contributed by atoms with E-state index < -0.39 is 15.7 Å². The summed E-state index contributed by atoms with van der Waals surface area (Å²) >= 11 is 0. The number of guanidine groups is 1. The van der Waals surface area contributed by atoms with Crippen molar-refractivity contribution in [3.05, 3.63) is 60.4 Å². The van der Waals surface area contributed by atoms with Crippen LogP contribution < -0.4 is 15.4 Å². The van der Waals surface area contributed by atoms with Crippen molar-refractivity contribution in [1.29, 1.82) is 0 Å². The van der Waals surface area contributed by atoms with Crippen LogP contribution in [-0.2, 0) is 9.84 Å². The van der Waals surface area contributed by atoms with E-state index in [1.54, 1.807) is 0 Å². The molecule has 2 aromatic rings. The summed E-state index contributed by atoms with van der Waals surface area (Å²) in [7, 11) is -3.73. The van der Waals surface area contributed by atoms with Gasteiger partial charge in [0.2, 0.25) is 0 Å². The first-order valence-corrected chi connectivity index (χ1v) is 10.4. The van der Waals surface area contributed by atoms with E-state index in [-0.39, 0.29) is 41.2 Å². The molecule has 0 heterocycles. The molecule has 0 unspecified atom stereocenters. The number of ether oxygens (including phenoxy) is 1. The highest BCUT2D eigenvalue weighted by Gasteiger charge is 2.18. The van der Waals surface area contributed by atoms with Gasteiger partial charge in [0.05, 0.1) is 18.8 Å². The number of hydrogen-bond acceptors (Lipinski definition) is 4. The summed E-state index contributed by atoms with van der Waals surface area (Å²) in [5, 5.41) is 6.11. The molecule has 2 N–H and O–H groups in total. The first kappa shape index (κ1) is 24.2. The SMILES string of the molecule is CCNC(=NCCS(=O)(=O)c1ccccc1F)NCCOc1ccccc1.I. The van der Waals surface area contributed by atoms with Gasteiger partial charge in [-0.05, 0) is 31.2 Å². The molecule has 0 fully saturated rings. The number of halogens is 2. The van der Waals surface area contributed by atoms with E-state index in [1.165, 1.54) is 18.2 Å². The standard InChI is InChI=1S/C19H24FN3O3S.HI/c1-2-21-19(22-12-14-26-16-8-4-3-5-9-16)23-13-15-27(24,25)18-11-7-6-10-17(18)20;/h3-11H,2,12-15H2,1H3,(H2,21,22,23);1H. The highest BCUT2D eigenvalue weighted by molar-refractivity contribution is 14.0. The Balaban J connectivity index is 0.00000392. The zero-order chi connectivity index (χ0) is 19.5. The van der Waals surface area contributed by atoms with Crippen LogP contribution in [0.5, 0.6) is 5.75 Å². The van der Waals surface area contributed by atoms with Gasteiger partial charge in [-0.25, -0.2) is 12.8 Å². The minimum atomic E-state index is -3.73. The smallest absolute Gasteiger partial charge is 0.191 e. The average molecular weight is 521 g/mol. The van der Waals surface area contributed by atoms with Gasteiger partial charge in [-0.15, -0.1) is 24.0 Å². The quantitative estimate of drug-likeness (QED) is 0.230. The molecule has 28 heavy (non-hydrogen) atoms. The van der Waals surface area contributed by atoms with Gasteiger partial charge in [-0.3, -0.25) is 4.99 Å². The molecule has 0 bridgehead atoms. The number of aliphatic imine (C=N–C) groups is 1. The molecule has 2 rings (SSSR count). The molecule has 0 aliphatic rings. The predicted molar refractivity (Wildman–Crippen MR) is 120 cm³/mol. The first-order valence-electron chi connectivity index (χ1n) is 8.70. The minimum Gasteiger partial charge on any atom is -0.492 e. The van der Waals surface area contributed by atoms with Crippen molar-refractivity contribution in [3.63, 3.8) is 0 Å². The third-order valence-corrected chi connectivity index (χ3v) is 5.27. The number of benzene rings is 2. The van der Waals surface area contributed by atoms with Crippen molar-refractivity contribution in [2.75, 3.05) is 32.0 Å². The van der Waals surface area contributed by atoms with Crippen LogP contribution in [0.15, 0.2) is 64.5 Å². The van der Waals surface area contributed by atoms with Crippen LogP contribution in [0.4, 0.5) is 4.39 Å². The Morgan fingerprint density at radius 2 is 1.75 bits per heavy atom. The third-order valence-electron chi connectivity index (χ3n) is 3.55. The van der Waals surface area contributed by atoms with Crippen molar-refractivity contribution < 1.29 is 17.5 Å². The summed E-state index contributed by atoms with van der Waals surface area (Å²) in [4.78, 5) is 3.94. The summed E-state index contributed by atoms with van der Waals surface area (Å²) in [6.07, 6.45) is 0. The molecular weight excluding hydrogens is 496 g/mol. The molecule has 6 nitrogen and oxygen atoms in total.